The predicted molar refractivity (Wildman–Crippen MR) is 131 cm³/mol. The Kier molecular flexibility index (Phi) is 8.15. The van der Waals surface area contributed by atoms with Crippen LogP contribution in [0, 0.1) is 0 Å². The van der Waals surface area contributed by atoms with Gasteiger partial charge < -0.3 is 9.72 Å². The molecule has 0 radical (unpaired) electrons. The number of aromatic nitrogens is 1. The number of ether oxygens (including phenoxy) is 1. The van der Waals surface area contributed by atoms with Crippen molar-refractivity contribution in [2.45, 2.75) is 51.1 Å². The molecule has 6 heteroatoms. The summed E-state index contributed by atoms with van der Waals surface area (Å²) in [5.41, 5.74) is 4.00. The Balaban J connectivity index is 1.89. The molecule has 0 saturated carbocycles. The second-order valence-electron chi connectivity index (χ2n) is 8.07. The zero-order chi connectivity index (χ0) is 23.1. The van der Waals surface area contributed by atoms with E-state index >= 15 is 0 Å². The third-order valence-electron chi connectivity index (χ3n) is 5.95. The highest BCUT2D eigenvalue weighted by Gasteiger charge is 2.19. The van der Waals surface area contributed by atoms with Crippen molar-refractivity contribution in [1.29, 1.82) is 0 Å². The van der Waals surface area contributed by atoms with Gasteiger partial charge in [-0.25, -0.2) is 8.42 Å². The molecule has 5 nitrogen and oxygen atoms in total. The van der Waals surface area contributed by atoms with Gasteiger partial charge in [0.1, 0.15) is 5.75 Å². The zero-order valence-corrected chi connectivity index (χ0v) is 20.3. The normalized spacial score (nSPS) is 12.8. The van der Waals surface area contributed by atoms with Crippen LogP contribution in [0.1, 0.15) is 50.9 Å². The molecular formula is C26H34N2O3S. The molecule has 1 atom stereocenters. The van der Waals surface area contributed by atoms with Gasteiger partial charge in [-0.1, -0.05) is 50.6 Å². The van der Waals surface area contributed by atoms with Gasteiger partial charge in [0.05, 0.1) is 17.8 Å². The van der Waals surface area contributed by atoms with E-state index in [0.717, 1.165) is 42.9 Å². The highest BCUT2D eigenvalue weighted by atomic mass is 32.2. The Morgan fingerprint density at radius 1 is 1.03 bits per heavy atom. The number of sulfone groups is 1. The molecule has 3 aromatic rings. The first-order chi connectivity index (χ1) is 15.4. The molecule has 0 spiro atoms. The van der Waals surface area contributed by atoms with Crippen LogP contribution >= 0.6 is 0 Å². The molecule has 1 unspecified atom stereocenters. The van der Waals surface area contributed by atoms with Crippen molar-refractivity contribution < 1.29 is 13.2 Å². The lowest BCUT2D eigenvalue weighted by atomic mass is 10.1. The maximum Gasteiger partial charge on any atom is 0.178 e. The van der Waals surface area contributed by atoms with Gasteiger partial charge in [-0.2, -0.15) is 0 Å². The van der Waals surface area contributed by atoms with Crippen LogP contribution in [-0.4, -0.2) is 37.7 Å². The van der Waals surface area contributed by atoms with E-state index in [-0.39, 0.29) is 5.75 Å². The lowest BCUT2D eigenvalue weighted by Gasteiger charge is -2.29. The van der Waals surface area contributed by atoms with Gasteiger partial charge in [-0.05, 0) is 55.8 Å². The Morgan fingerprint density at radius 2 is 1.78 bits per heavy atom. The quantitative estimate of drug-likeness (QED) is 0.395. The fourth-order valence-corrected chi connectivity index (χ4v) is 4.79. The number of benzene rings is 2. The molecule has 1 N–H and O–H groups in total. The minimum Gasteiger partial charge on any atom is -0.496 e. The number of nitrogens with one attached hydrogen (secondary N) is 1. The van der Waals surface area contributed by atoms with Crippen molar-refractivity contribution in [3.05, 3.63) is 71.9 Å². The van der Waals surface area contributed by atoms with Crippen LogP contribution in [0.3, 0.4) is 0 Å². The topological polar surface area (TPSA) is 62.4 Å². The number of aromatic amines is 1. The first-order valence-electron chi connectivity index (χ1n) is 11.3. The average Bonchev–Trinajstić information content (AvgIpc) is 3.29. The summed E-state index contributed by atoms with van der Waals surface area (Å²) in [5.74, 6) is 0.715. The third kappa shape index (κ3) is 5.61. The minimum absolute atomic E-state index is 0.0680. The van der Waals surface area contributed by atoms with E-state index in [9.17, 15) is 8.42 Å². The molecule has 2 aromatic carbocycles. The zero-order valence-electron chi connectivity index (χ0n) is 19.5. The Bertz CT molecular complexity index is 1110. The summed E-state index contributed by atoms with van der Waals surface area (Å²) < 4.78 is 30.3. The van der Waals surface area contributed by atoms with Crippen LogP contribution in [0.15, 0.2) is 65.6 Å². The lowest BCUT2D eigenvalue weighted by molar-refractivity contribution is 0.196. The van der Waals surface area contributed by atoms with E-state index in [1.807, 2.05) is 12.1 Å². The van der Waals surface area contributed by atoms with Crippen LogP contribution in [0.2, 0.25) is 0 Å². The van der Waals surface area contributed by atoms with E-state index in [4.69, 9.17) is 4.74 Å². The summed E-state index contributed by atoms with van der Waals surface area (Å²) in [7, 11) is -1.69. The van der Waals surface area contributed by atoms with Crippen molar-refractivity contribution in [2.24, 2.45) is 0 Å². The number of methoxy groups -OCH3 is 1. The number of unbranched alkanes of at least 4 members (excludes halogenated alkanes) is 1. The standard InChI is InChI=1S/C26H34N2O3S/c1-5-7-17-28(20(3)21-11-9-8-10-12-21)19-22-13-15-25(27-22)24-18-23(32(29,30)6-2)14-16-26(24)31-4/h8-16,18,20,27H,5-7,17,19H2,1-4H3. The van der Waals surface area contributed by atoms with Gasteiger partial charge in [0, 0.05) is 29.5 Å². The molecular weight excluding hydrogens is 420 g/mol. The molecule has 1 heterocycles. The van der Waals surface area contributed by atoms with Crippen LogP contribution in [0.5, 0.6) is 5.75 Å². The minimum atomic E-state index is -3.30. The van der Waals surface area contributed by atoms with Crippen molar-refractivity contribution in [3.8, 4) is 17.0 Å². The van der Waals surface area contributed by atoms with Gasteiger partial charge in [-0.3, -0.25) is 4.90 Å². The molecule has 32 heavy (non-hydrogen) atoms. The van der Waals surface area contributed by atoms with Gasteiger partial charge in [0.2, 0.25) is 0 Å². The maximum absolute atomic E-state index is 12.4. The van der Waals surface area contributed by atoms with Crippen molar-refractivity contribution >= 4 is 9.84 Å². The fraction of sp³-hybridized carbons (Fsp3) is 0.385. The fourth-order valence-electron chi connectivity index (χ4n) is 3.88. The summed E-state index contributed by atoms with van der Waals surface area (Å²) in [4.78, 5) is 6.29. The highest BCUT2D eigenvalue weighted by molar-refractivity contribution is 7.91. The number of hydrogen-bond acceptors (Lipinski definition) is 4. The Hall–Kier alpha value is -2.57. The Labute approximate surface area is 192 Å². The van der Waals surface area contributed by atoms with Gasteiger partial charge in [0.25, 0.3) is 0 Å². The van der Waals surface area contributed by atoms with E-state index in [2.05, 4.69) is 54.1 Å². The molecule has 0 aliphatic heterocycles. The number of hydrogen-bond donors (Lipinski definition) is 1. The molecule has 0 bridgehead atoms. The lowest BCUT2D eigenvalue weighted by Crippen LogP contribution is -2.28. The second kappa shape index (κ2) is 10.8. The van der Waals surface area contributed by atoms with Crippen LogP contribution in [0.4, 0.5) is 0 Å². The third-order valence-corrected chi connectivity index (χ3v) is 7.68. The average molecular weight is 455 g/mol. The molecule has 0 aliphatic carbocycles. The first-order valence-corrected chi connectivity index (χ1v) is 12.9. The summed E-state index contributed by atoms with van der Waals surface area (Å²) in [6.45, 7) is 7.91. The summed E-state index contributed by atoms with van der Waals surface area (Å²) in [5, 5.41) is 0. The SMILES string of the molecule is CCCCN(Cc1ccc(-c2cc(S(=O)(=O)CC)ccc2OC)[nH]1)C(C)c1ccccc1. The maximum atomic E-state index is 12.4. The van der Waals surface area contributed by atoms with E-state index in [0.29, 0.717) is 16.7 Å². The Morgan fingerprint density at radius 3 is 2.44 bits per heavy atom. The first kappa shape index (κ1) is 24.1. The monoisotopic (exact) mass is 454 g/mol. The second-order valence-corrected chi connectivity index (χ2v) is 10.4. The number of nitrogens with zero attached hydrogens (tertiary/aromatic N) is 1. The van der Waals surface area contributed by atoms with E-state index in [1.54, 1.807) is 32.2 Å². The van der Waals surface area contributed by atoms with Crippen LogP contribution < -0.4 is 4.74 Å². The molecule has 1 aromatic heterocycles. The van der Waals surface area contributed by atoms with Gasteiger partial charge in [0.15, 0.2) is 9.84 Å². The summed E-state index contributed by atoms with van der Waals surface area (Å²) >= 11 is 0. The number of rotatable bonds is 11. The van der Waals surface area contributed by atoms with Crippen molar-refractivity contribution in [1.82, 2.24) is 9.88 Å². The largest absolute Gasteiger partial charge is 0.496 e. The molecule has 3 rings (SSSR count). The summed E-state index contributed by atoms with van der Waals surface area (Å²) in [6.07, 6.45) is 2.28. The van der Waals surface area contributed by atoms with Crippen molar-refractivity contribution in [3.63, 3.8) is 0 Å². The molecule has 0 saturated heterocycles. The predicted octanol–water partition coefficient (Wildman–Crippen LogP) is 5.85. The summed E-state index contributed by atoms with van der Waals surface area (Å²) in [6, 6.07) is 20.0. The van der Waals surface area contributed by atoms with Gasteiger partial charge in [-0.15, -0.1) is 0 Å². The van der Waals surface area contributed by atoms with E-state index in [1.165, 1.54) is 5.56 Å². The van der Waals surface area contributed by atoms with Crippen LogP contribution in [-0.2, 0) is 16.4 Å². The van der Waals surface area contributed by atoms with Crippen molar-refractivity contribution in [2.75, 3.05) is 19.4 Å². The molecule has 0 amide bonds. The smallest absolute Gasteiger partial charge is 0.178 e. The number of H-pyrrole nitrogens is 1. The van der Waals surface area contributed by atoms with Gasteiger partial charge >= 0.3 is 0 Å². The molecule has 172 valence electrons. The highest BCUT2D eigenvalue weighted by Crippen LogP contribution is 2.33. The van der Waals surface area contributed by atoms with Crippen LogP contribution in [0.25, 0.3) is 11.3 Å². The molecule has 0 fully saturated rings. The van der Waals surface area contributed by atoms with E-state index < -0.39 is 9.84 Å². The molecule has 0 aliphatic rings.